The third kappa shape index (κ3) is 3.10. The van der Waals surface area contributed by atoms with Crippen LogP contribution in [0.25, 0.3) is 0 Å². The molecule has 0 bridgehead atoms. The molecule has 4 nitrogen and oxygen atoms in total. The summed E-state index contributed by atoms with van der Waals surface area (Å²) in [5.41, 5.74) is 1.37. The van der Waals surface area contributed by atoms with Crippen molar-refractivity contribution >= 4 is 23.2 Å². The highest BCUT2D eigenvalue weighted by Crippen LogP contribution is 2.36. The summed E-state index contributed by atoms with van der Waals surface area (Å²) < 4.78 is 0. The average Bonchev–Trinajstić information content (AvgIpc) is 3.16. The number of hydrogen-bond acceptors (Lipinski definition) is 3. The highest BCUT2D eigenvalue weighted by Gasteiger charge is 2.40. The zero-order chi connectivity index (χ0) is 16.7. The average molecular weight is 346 g/mol. The van der Waals surface area contributed by atoms with Gasteiger partial charge in [0.25, 0.3) is 0 Å². The molecule has 1 aliphatic carbocycles. The molecule has 3 atom stereocenters. The Balaban J connectivity index is 1.40. The van der Waals surface area contributed by atoms with E-state index in [1.54, 1.807) is 11.3 Å². The van der Waals surface area contributed by atoms with Gasteiger partial charge in [-0.25, -0.2) is 0 Å². The Kier molecular flexibility index (Phi) is 4.37. The van der Waals surface area contributed by atoms with Crippen LogP contribution < -0.4 is 0 Å². The third-order valence-corrected chi connectivity index (χ3v) is 6.58. The van der Waals surface area contributed by atoms with Crippen molar-refractivity contribution in [1.82, 2.24) is 9.80 Å². The van der Waals surface area contributed by atoms with Crippen LogP contribution in [0.15, 0.2) is 16.8 Å². The standard InChI is InChI=1S/C19H26N2O2S/c1-13-9-17(16-6-8-24-12-16)11-21(13)19(23)15-3-2-7-20(10-15)18(22)14-4-5-14/h6,8,12-15,17H,2-5,7,9-11H2,1H3/t13-,15+,17+/m1/s1. The van der Waals surface area contributed by atoms with E-state index in [4.69, 9.17) is 0 Å². The molecule has 3 fully saturated rings. The zero-order valence-electron chi connectivity index (χ0n) is 14.3. The molecule has 4 rings (SSSR count). The van der Waals surface area contributed by atoms with Crippen LogP contribution in [0.3, 0.4) is 0 Å². The SMILES string of the molecule is C[C@@H]1C[C@H](c2ccsc2)CN1C(=O)[C@H]1CCCN(C(=O)C2CC2)C1. The molecule has 2 amide bonds. The quantitative estimate of drug-likeness (QED) is 0.844. The molecule has 130 valence electrons. The smallest absolute Gasteiger partial charge is 0.227 e. The maximum atomic E-state index is 13.1. The zero-order valence-corrected chi connectivity index (χ0v) is 15.1. The van der Waals surface area contributed by atoms with E-state index >= 15 is 0 Å². The Morgan fingerprint density at radius 2 is 1.96 bits per heavy atom. The van der Waals surface area contributed by atoms with Crippen LogP contribution in [0.2, 0.25) is 0 Å². The van der Waals surface area contributed by atoms with Gasteiger partial charge in [-0.1, -0.05) is 0 Å². The first-order valence-corrected chi connectivity index (χ1v) is 10.2. The van der Waals surface area contributed by atoms with Gasteiger partial charge in [0.1, 0.15) is 0 Å². The lowest BCUT2D eigenvalue weighted by Gasteiger charge is -2.35. The minimum Gasteiger partial charge on any atom is -0.342 e. The number of thiophene rings is 1. The fourth-order valence-electron chi connectivity index (χ4n) is 4.29. The van der Waals surface area contributed by atoms with Crippen molar-refractivity contribution in [2.24, 2.45) is 11.8 Å². The molecule has 0 spiro atoms. The lowest BCUT2D eigenvalue weighted by Crippen LogP contribution is -2.48. The second-order valence-corrected chi connectivity index (χ2v) is 8.51. The Morgan fingerprint density at radius 3 is 2.67 bits per heavy atom. The van der Waals surface area contributed by atoms with Crippen LogP contribution in [0, 0.1) is 11.8 Å². The Hall–Kier alpha value is -1.36. The highest BCUT2D eigenvalue weighted by atomic mass is 32.1. The van der Waals surface area contributed by atoms with E-state index in [0.717, 1.165) is 45.2 Å². The van der Waals surface area contributed by atoms with Crippen LogP contribution in [0.1, 0.15) is 50.5 Å². The summed E-state index contributed by atoms with van der Waals surface area (Å²) in [4.78, 5) is 29.4. The molecule has 1 aromatic heterocycles. The van der Waals surface area contributed by atoms with Crippen molar-refractivity contribution in [3.63, 3.8) is 0 Å². The van der Waals surface area contributed by atoms with Gasteiger partial charge in [-0.15, -0.1) is 0 Å². The molecular formula is C19H26N2O2S. The maximum absolute atomic E-state index is 13.1. The van der Waals surface area contributed by atoms with Gasteiger partial charge in [-0.3, -0.25) is 9.59 Å². The Morgan fingerprint density at radius 1 is 1.12 bits per heavy atom. The summed E-state index contributed by atoms with van der Waals surface area (Å²) in [6, 6.07) is 2.49. The van der Waals surface area contributed by atoms with E-state index in [9.17, 15) is 9.59 Å². The predicted octanol–water partition coefficient (Wildman–Crippen LogP) is 3.10. The Labute approximate surface area is 147 Å². The summed E-state index contributed by atoms with van der Waals surface area (Å²) in [7, 11) is 0. The molecule has 5 heteroatoms. The fourth-order valence-corrected chi connectivity index (χ4v) is 5.03. The molecule has 0 unspecified atom stereocenters. The second kappa shape index (κ2) is 6.51. The van der Waals surface area contributed by atoms with Gasteiger partial charge in [0, 0.05) is 37.5 Å². The van der Waals surface area contributed by atoms with Crippen molar-refractivity contribution in [1.29, 1.82) is 0 Å². The topological polar surface area (TPSA) is 40.6 Å². The van der Waals surface area contributed by atoms with Gasteiger partial charge in [0.15, 0.2) is 0 Å². The summed E-state index contributed by atoms with van der Waals surface area (Å²) in [6.07, 6.45) is 5.03. The van der Waals surface area contributed by atoms with Crippen molar-refractivity contribution in [2.45, 2.75) is 51.0 Å². The van der Waals surface area contributed by atoms with Crippen LogP contribution in [-0.4, -0.2) is 47.3 Å². The highest BCUT2D eigenvalue weighted by molar-refractivity contribution is 7.08. The van der Waals surface area contributed by atoms with Crippen LogP contribution in [0.5, 0.6) is 0 Å². The Bertz CT molecular complexity index is 611. The number of rotatable bonds is 3. The molecule has 1 saturated carbocycles. The van der Waals surface area contributed by atoms with Crippen LogP contribution >= 0.6 is 11.3 Å². The molecule has 1 aromatic rings. The van der Waals surface area contributed by atoms with Gasteiger partial charge in [-0.05, 0) is 61.4 Å². The van der Waals surface area contributed by atoms with E-state index in [1.807, 2.05) is 4.90 Å². The molecule has 3 heterocycles. The van der Waals surface area contributed by atoms with E-state index in [2.05, 4.69) is 28.7 Å². The minimum absolute atomic E-state index is 0.00475. The third-order valence-electron chi connectivity index (χ3n) is 5.88. The number of hydrogen-bond donors (Lipinski definition) is 0. The van der Waals surface area contributed by atoms with E-state index in [1.165, 1.54) is 5.56 Å². The van der Waals surface area contributed by atoms with Crippen molar-refractivity contribution in [3.8, 4) is 0 Å². The molecular weight excluding hydrogens is 320 g/mol. The number of likely N-dealkylation sites (tertiary alicyclic amines) is 2. The summed E-state index contributed by atoms with van der Waals surface area (Å²) >= 11 is 1.73. The monoisotopic (exact) mass is 346 g/mol. The number of carbonyl (C=O) groups is 2. The summed E-state index contributed by atoms with van der Waals surface area (Å²) in [6.45, 7) is 4.48. The van der Waals surface area contributed by atoms with Crippen LogP contribution in [0.4, 0.5) is 0 Å². The van der Waals surface area contributed by atoms with Crippen molar-refractivity contribution in [3.05, 3.63) is 22.4 Å². The minimum atomic E-state index is 0.00475. The molecule has 0 radical (unpaired) electrons. The lowest BCUT2D eigenvalue weighted by atomic mass is 9.96. The first-order chi connectivity index (χ1) is 11.6. The van der Waals surface area contributed by atoms with Crippen molar-refractivity contribution in [2.75, 3.05) is 19.6 Å². The number of nitrogens with zero attached hydrogens (tertiary/aromatic N) is 2. The normalized spacial score (nSPS) is 30.6. The molecule has 3 aliphatic rings. The van der Waals surface area contributed by atoms with Gasteiger partial charge >= 0.3 is 0 Å². The predicted molar refractivity (Wildman–Crippen MR) is 94.9 cm³/mol. The first-order valence-electron chi connectivity index (χ1n) is 9.25. The maximum Gasteiger partial charge on any atom is 0.227 e. The summed E-state index contributed by atoms with van der Waals surface area (Å²) in [5.74, 6) is 1.30. The van der Waals surface area contributed by atoms with E-state index in [-0.39, 0.29) is 23.7 Å². The van der Waals surface area contributed by atoms with Gasteiger partial charge < -0.3 is 9.80 Å². The van der Waals surface area contributed by atoms with Gasteiger partial charge in [-0.2, -0.15) is 11.3 Å². The molecule has 0 aromatic carbocycles. The van der Waals surface area contributed by atoms with Gasteiger partial charge in [0.2, 0.25) is 11.8 Å². The van der Waals surface area contributed by atoms with E-state index < -0.39 is 0 Å². The number of piperidine rings is 1. The second-order valence-electron chi connectivity index (χ2n) is 7.73. The van der Waals surface area contributed by atoms with Crippen LogP contribution in [-0.2, 0) is 9.59 Å². The first kappa shape index (κ1) is 16.1. The molecule has 2 aliphatic heterocycles. The molecule has 0 N–H and O–H groups in total. The summed E-state index contributed by atoms with van der Waals surface area (Å²) in [5, 5.41) is 4.33. The number of amides is 2. The molecule has 24 heavy (non-hydrogen) atoms. The number of carbonyl (C=O) groups excluding carboxylic acids is 2. The fraction of sp³-hybridized carbons (Fsp3) is 0.684. The molecule has 2 saturated heterocycles. The van der Waals surface area contributed by atoms with Crippen molar-refractivity contribution < 1.29 is 9.59 Å². The van der Waals surface area contributed by atoms with E-state index in [0.29, 0.717) is 18.5 Å². The lowest BCUT2D eigenvalue weighted by molar-refractivity contribution is -0.141. The largest absolute Gasteiger partial charge is 0.342 e. The van der Waals surface area contributed by atoms with Gasteiger partial charge in [0.05, 0.1) is 5.92 Å².